The normalized spacial score (nSPS) is 21.1. The molecule has 1 aromatic heterocycles. The Balaban J connectivity index is 2.59. The van der Waals surface area contributed by atoms with E-state index in [1.165, 1.54) is 6.20 Å². The number of nitrogens with zero attached hydrogens (tertiary/aromatic N) is 1. The lowest BCUT2D eigenvalue weighted by Gasteiger charge is -2.08. The van der Waals surface area contributed by atoms with Crippen molar-refractivity contribution in [2.75, 3.05) is 20.5 Å². The van der Waals surface area contributed by atoms with Gasteiger partial charge in [0, 0.05) is 33.2 Å². The molecule has 0 amide bonds. The fourth-order valence-corrected chi connectivity index (χ4v) is 1.48. The number of hydrogen-bond acceptors (Lipinski definition) is 1. The van der Waals surface area contributed by atoms with E-state index in [2.05, 4.69) is 4.98 Å². The van der Waals surface area contributed by atoms with Crippen molar-refractivity contribution in [3.05, 3.63) is 35.5 Å². The molecule has 2 aromatic rings. The molecule has 2 rings (SSSR count). The van der Waals surface area contributed by atoms with Gasteiger partial charge in [0.05, 0.1) is 0 Å². The zero-order valence-electron chi connectivity index (χ0n) is 15.8. The van der Waals surface area contributed by atoms with Crippen LogP contribution >= 0.6 is 0 Å². The molecule has 0 unspecified atom stereocenters. The fourth-order valence-electron chi connectivity index (χ4n) is 1.48. The number of likely N-dealkylation sites (N-methyl/N-ethyl adjacent to an activating group) is 1. The van der Waals surface area contributed by atoms with Gasteiger partial charge >= 0.3 is 0 Å². The van der Waals surface area contributed by atoms with Gasteiger partial charge < -0.3 is 9.88 Å². The third kappa shape index (κ3) is 2.21. The highest BCUT2D eigenvalue weighted by Gasteiger charge is 2.03. The van der Waals surface area contributed by atoms with Gasteiger partial charge in [0.25, 0.3) is 0 Å². The molecule has 0 fully saturated rings. The van der Waals surface area contributed by atoms with Crippen molar-refractivity contribution in [1.29, 1.82) is 0 Å². The van der Waals surface area contributed by atoms with Crippen molar-refractivity contribution >= 4 is 10.9 Å². The van der Waals surface area contributed by atoms with E-state index in [9.17, 15) is 0 Å². The predicted octanol–water partition coefficient (Wildman–Crippen LogP) is 2.58. The monoisotopic (exact) mass is 209 g/mol. The van der Waals surface area contributed by atoms with Crippen LogP contribution in [0.3, 0.4) is 0 Å². The standard InChI is InChI=1S/C13H18N2/c1-10-4-5-13-12(8-10)11(9-14-13)6-7-15(2)3/h4-5,8-9,14H,6-7H2,1-3H3/i2D3,6D2,7D2. The summed E-state index contributed by atoms with van der Waals surface area (Å²) in [5.41, 5.74) is 1.69. The van der Waals surface area contributed by atoms with E-state index in [0.29, 0.717) is 15.8 Å². The molecule has 2 heteroatoms. The number of H-pyrrole nitrogens is 1. The SMILES string of the molecule is [2H]C([2H])([2H])N(C)C([2H])([2H])C([2H])([2H])c1c[nH]c2ccc(C)cc12. The number of aromatic amines is 1. The van der Waals surface area contributed by atoms with E-state index >= 15 is 0 Å². The molecule has 0 atom stereocenters. The Bertz CT molecular complexity index is 687. The van der Waals surface area contributed by atoms with Gasteiger partial charge in [0.15, 0.2) is 0 Å². The minimum Gasteiger partial charge on any atom is -0.361 e. The summed E-state index contributed by atoms with van der Waals surface area (Å²) in [5.74, 6) is 0. The molecule has 0 saturated carbocycles. The molecule has 2 nitrogen and oxygen atoms in total. The third-order valence-electron chi connectivity index (χ3n) is 2.20. The van der Waals surface area contributed by atoms with Crippen LogP contribution in [0.4, 0.5) is 0 Å². The van der Waals surface area contributed by atoms with Gasteiger partial charge in [-0.2, -0.15) is 0 Å². The number of benzene rings is 1. The Labute approximate surface area is 101 Å². The second-order valence-corrected chi connectivity index (χ2v) is 3.55. The first-order chi connectivity index (χ1) is 9.89. The summed E-state index contributed by atoms with van der Waals surface area (Å²) in [7, 11) is 1.06. The largest absolute Gasteiger partial charge is 0.361 e. The van der Waals surface area contributed by atoms with Crippen LogP contribution in [0.5, 0.6) is 0 Å². The van der Waals surface area contributed by atoms with Gasteiger partial charge in [-0.3, -0.25) is 0 Å². The van der Waals surface area contributed by atoms with E-state index < -0.39 is 19.8 Å². The molecule has 1 aromatic carbocycles. The highest BCUT2D eigenvalue weighted by atomic mass is 15.0. The van der Waals surface area contributed by atoms with E-state index in [1.54, 1.807) is 12.1 Å². The Morgan fingerprint density at radius 3 is 3.20 bits per heavy atom. The van der Waals surface area contributed by atoms with E-state index in [-0.39, 0.29) is 5.56 Å². The average Bonchev–Trinajstić information content (AvgIpc) is 2.79. The van der Waals surface area contributed by atoms with E-state index in [0.717, 1.165) is 12.6 Å². The van der Waals surface area contributed by atoms with E-state index in [4.69, 9.17) is 9.60 Å². The number of fused-ring (bicyclic) bond motifs is 1. The molecule has 0 saturated heterocycles. The van der Waals surface area contributed by atoms with Crippen LogP contribution in [-0.4, -0.2) is 30.4 Å². The lowest BCUT2D eigenvalue weighted by atomic mass is 10.1. The van der Waals surface area contributed by atoms with Gasteiger partial charge in [-0.15, -0.1) is 0 Å². The maximum atomic E-state index is 8.23. The Hall–Kier alpha value is -1.28. The summed E-state index contributed by atoms with van der Waals surface area (Å²) < 4.78 is 54.6. The quantitative estimate of drug-likeness (QED) is 0.823. The molecule has 15 heavy (non-hydrogen) atoms. The lowest BCUT2D eigenvalue weighted by Crippen LogP contribution is -2.14. The number of nitrogens with one attached hydrogen (secondary N) is 1. The smallest absolute Gasteiger partial charge is 0.0456 e. The summed E-state index contributed by atoms with van der Waals surface area (Å²) in [6.45, 7) is -3.59. The second-order valence-electron chi connectivity index (χ2n) is 3.55. The van der Waals surface area contributed by atoms with Crippen molar-refractivity contribution in [3.8, 4) is 0 Å². The van der Waals surface area contributed by atoms with Crippen LogP contribution in [0, 0.1) is 6.92 Å². The van der Waals surface area contributed by atoms with Crippen LogP contribution in [0.15, 0.2) is 24.4 Å². The highest BCUT2D eigenvalue weighted by molar-refractivity contribution is 5.83. The highest BCUT2D eigenvalue weighted by Crippen LogP contribution is 2.19. The van der Waals surface area contributed by atoms with Crippen LogP contribution in [0.2, 0.25) is 0 Å². The van der Waals surface area contributed by atoms with Crippen LogP contribution in [0.1, 0.15) is 20.7 Å². The number of aromatic nitrogens is 1. The van der Waals surface area contributed by atoms with Crippen LogP contribution in [-0.2, 0) is 6.37 Å². The average molecular weight is 209 g/mol. The maximum absolute atomic E-state index is 8.23. The molecule has 1 heterocycles. The van der Waals surface area contributed by atoms with Gasteiger partial charge in [-0.05, 0) is 45.0 Å². The Morgan fingerprint density at radius 2 is 2.40 bits per heavy atom. The zero-order valence-corrected chi connectivity index (χ0v) is 8.76. The molecule has 0 aliphatic heterocycles. The van der Waals surface area contributed by atoms with Crippen molar-refractivity contribution in [2.24, 2.45) is 0 Å². The molecule has 1 N–H and O–H groups in total. The fraction of sp³-hybridized carbons (Fsp3) is 0.385. The second kappa shape index (κ2) is 4.07. The van der Waals surface area contributed by atoms with Crippen molar-refractivity contribution in [2.45, 2.75) is 13.3 Å². The number of rotatable bonds is 3. The zero-order chi connectivity index (χ0) is 16.9. The van der Waals surface area contributed by atoms with Crippen LogP contribution < -0.4 is 0 Å². The molecule has 0 spiro atoms. The number of aryl methyl sites for hydroxylation is 2. The molecular formula is C13H18N2. The molecular weight excluding hydrogens is 184 g/mol. The predicted molar refractivity (Wildman–Crippen MR) is 65.3 cm³/mol. The summed E-state index contributed by atoms with van der Waals surface area (Å²) in [6.07, 6.45) is -1.11. The molecule has 0 aliphatic carbocycles. The Kier molecular flexibility index (Phi) is 1.28. The molecule has 0 bridgehead atoms. The molecule has 0 radical (unpaired) electrons. The minimum absolute atomic E-state index is 0.104. The van der Waals surface area contributed by atoms with Gasteiger partial charge in [-0.1, -0.05) is 11.6 Å². The topological polar surface area (TPSA) is 19.0 Å². The Morgan fingerprint density at radius 1 is 1.53 bits per heavy atom. The molecule has 80 valence electrons. The van der Waals surface area contributed by atoms with Crippen molar-refractivity contribution in [3.63, 3.8) is 0 Å². The van der Waals surface area contributed by atoms with Gasteiger partial charge in [-0.25, -0.2) is 0 Å². The first kappa shape index (κ1) is 4.71. The van der Waals surface area contributed by atoms with Gasteiger partial charge in [0.1, 0.15) is 0 Å². The summed E-state index contributed by atoms with van der Waals surface area (Å²) in [6, 6.07) is 5.40. The summed E-state index contributed by atoms with van der Waals surface area (Å²) in [5, 5.41) is 0.549. The van der Waals surface area contributed by atoms with Crippen molar-refractivity contribution in [1.82, 2.24) is 9.88 Å². The summed E-state index contributed by atoms with van der Waals surface area (Å²) >= 11 is 0. The first-order valence-electron chi connectivity index (χ1n) is 8.21. The maximum Gasteiger partial charge on any atom is 0.0456 e. The van der Waals surface area contributed by atoms with Crippen LogP contribution in [0.25, 0.3) is 10.9 Å². The minimum atomic E-state index is -2.74. The van der Waals surface area contributed by atoms with E-state index in [1.807, 2.05) is 13.0 Å². The summed E-state index contributed by atoms with van der Waals surface area (Å²) in [4.78, 5) is 3.36. The molecule has 0 aliphatic rings. The first-order valence-corrected chi connectivity index (χ1v) is 4.71. The van der Waals surface area contributed by atoms with Gasteiger partial charge in [0.2, 0.25) is 0 Å². The lowest BCUT2D eigenvalue weighted by molar-refractivity contribution is 0.414. The van der Waals surface area contributed by atoms with Crippen molar-refractivity contribution < 1.29 is 9.60 Å². The third-order valence-corrected chi connectivity index (χ3v) is 2.20. The number of hydrogen-bond donors (Lipinski definition) is 1.